The number of carbonyl (C=O) groups excluding carboxylic acids is 1. The van der Waals surface area contributed by atoms with Crippen LogP contribution in [0.15, 0.2) is 0 Å². The molecular formula is C15H19F3N6OS. The van der Waals surface area contributed by atoms with Gasteiger partial charge < -0.3 is 10.2 Å². The molecule has 0 saturated carbocycles. The van der Waals surface area contributed by atoms with Crippen molar-refractivity contribution in [3.05, 3.63) is 22.0 Å². The highest BCUT2D eigenvalue weighted by molar-refractivity contribution is 7.05. The number of aromatic nitrogens is 4. The third-order valence-electron chi connectivity index (χ3n) is 4.30. The van der Waals surface area contributed by atoms with Gasteiger partial charge in [0.25, 0.3) is 5.91 Å². The molecule has 142 valence electrons. The summed E-state index contributed by atoms with van der Waals surface area (Å²) in [5.41, 5.74) is -1.52. The van der Waals surface area contributed by atoms with Crippen molar-refractivity contribution in [1.29, 1.82) is 0 Å². The molecule has 1 fully saturated rings. The molecule has 1 unspecified atom stereocenters. The second-order valence-corrected chi connectivity index (χ2v) is 7.03. The Hall–Kier alpha value is -2.17. The van der Waals surface area contributed by atoms with E-state index in [0.717, 1.165) is 25.9 Å². The van der Waals surface area contributed by atoms with Crippen LogP contribution in [-0.4, -0.2) is 38.6 Å². The lowest BCUT2D eigenvalue weighted by Gasteiger charge is -2.25. The van der Waals surface area contributed by atoms with Gasteiger partial charge in [-0.2, -0.15) is 22.6 Å². The van der Waals surface area contributed by atoms with E-state index in [1.54, 1.807) is 6.92 Å². The summed E-state index contributed by atoms with van der Waals surface area (Å²) >= 11 is 1.18. The molecule has 1 aliphatic rings. The van der Waals surface area contributed by atoms with Crippen molar-refractivity contribution >= 4 is 23.4 Å². The molecule has 2 aromatic heterocycles. The van der Waals surface area contributed by atoms with Crippen LogP contribution in [0.5, 0.6) is 0 Å². The summed E-state index contributed by atoms with van der Waals surface area (Å²) in [5.74, 6) is -0.0439. The molecule has 3 heterocycles. The number of hydrogen-bond acceptors (Lipinski definition) is 6. The second kappa shape index (κ2) is 7.22. The molecule has 0 bridgehead atoms. The summed E-state index contributed by atoms with van der Waals surface area (Å²) in [4.78, 5) is 18.8. The Bertz CT molecular complexity index is 781. The van der Waals surface area contributed by atoms with Crippen LogP contribution in [0.1, 0.15) is 59.0 Å². The standard InChI is InChI=1S/C15H19F3N6OS/c1-8-10(21-22-11(8)15(16,17)18)12(25)19-9(2)13-20-14(23-26-13)24-6-4-3-5-7-24/h9H,3-7H2,1-2H3,(H,19,25)(H,21,22). The first-order valence-corrected chi connectivity index (χ1v) is 9.06. The number of nitrogens with one attached hydrogen (secondary N) is 2. The summed E-state index contributed by atoms with van der Waals surface area (Å²) in [6, 6.07) is -0.482. The normalized spacial score (nSPS) is 16.6. The van der Waals surface area contributed by atoms with Crippen LogP contribution in [0.25, 0.3) is 0 Å². The summed E-state index contributed by atoms with van der Waals surface area (Å²) in [6.07, 6.45) is -1.19. The number of amides is 1. The molecule has 1 aliphatic heterocycles. The minimum Gasteiger partial charge on any atom is -0.342 e. The van der Waals surface area contributed by atoms with Gasteiger partial charge in [0.2, 0.25) is 5.95 Å². The molecule has 0 radical (unpaired) electrons. The Labute approximate surface area is 152 Å². The molecule has 2 aromatic rings. The van der Waals surface area contributed by atoms with Crippen molar-refractivity contribution < 1.29 is 18.0 Å². The molecule has 7 nitrogen and oxygen atoms in total. The average molecular weight is 388 g/mol. The maximum Gasteiger partial charge on any atom is 0.433 e. The largest absolute Gasteiger partial charge is 0.433 e. The number of piperidine rings is 1. The number of carbonyl (C=O) groups is 1. The number of H-pyrrole nitrogens is 1. The van der Waals surface area contributed by atoms with Gasteiger partial charge in [0, 0.05) is 18.7 Å². The van der Waals surface area contributed by atoms with E-state index in [2.05, 4.69) is 24.7 Å². The lowest BCUT2D eigenvalue weighted by atomic mass is 10.1. The lowest BCUT2D eigenvalue weighted by Crippen LogP contribution is -2.30. The highest BCUT2D eigenvalue weighted by Gasteiger charge is 2.37. The first-order valence-electron chi connectivity index (χ1n) is 8.29. The molecule has 0 aliphatic carbocycles. The Kier molecular flexibility index (Phi) is 5.17. The van der Waals surface area contributed by atoms with Crippen molar-refractivity contribution in [3.8, 4) is 0 Å². The summed E-state index contributed by atoms with van der Waals surface area (Å²) in [6.45, 7) is 4.74. The third-order valence-corrected chi connectivity index (χ3v) is 5.18. The van der Waals surface area contributed by atoms with Crippen LogP contribution >= 0.6 is 11.5 Å². The molecule has 26 heavy (non-hydrogen) atoms. The number of hydrogen-bond donors (Lipinski definition) is 2. The van der Waals surface area contributed by atoms with Gasteiger partial charge in [-0.05, 0) is 44.6 Å². The third kappa shape index (κ3) is 3.81. The fourth-order valence-electron chi connectivity index (χ4n) is 2.85. The van der Waals surface area contributed by atoms with Gasteiger partial charge in [-0.1, -0.05) is 0 Å². The average Bonchev–Trinajstić information content (AvgIpc) is 3.22. The number of alkyl halides is 3. The first kappa shape index (κ1) is 18.6. The summed E-state index contributed by atoms with van der Waals surface area (Å²) < 4.78 is 42.8. The minimum absolute atomic E-state index is 0.228. The minimum atomic E-state index is -4.58. The number of rotatable bonds is 4. The van der Waals surface area contributed by atoms with Gasteiger partial charge >= 0.3 is 6.18 Å². The SMILES string of the molecule is Cc1c(C(=O)NC(C)c2nc(N3CCCCC3)ns2)n[nH]c1C(F)(F)F. The maximum absolute atomic E-state index is 12.8. The fraction of sp³-hybridized carbons (Fsp3) is 0.600. The van der Waals surface area contributed by atoms with E-state index in [1.165, 1.54) is 24.9 Å². The first-order chi connectivity index (χ1) is 12.3. The van der Waals surface area contributed by atoms with Crippen molar-refractivity contribution in [2.45, 2.75) is 45.3 Å². The van der Waals surface area contributed by atoms with Gasteiger partial charge in [-0.15, -0.1) is 0 Å². The predicted octanol–water partition coefficient (Wildman–Crippen LogP) is 3.07. The van der Waals surface area contributed by atoms with Crippen LogP contribution in [0, 0.1) is 6.92 Å². The van der Waals surface area contributed by atoms with Gasteiger partial charge in [-0.3, -0.25) is 9.89 Å². The molecule has 1 amide bonds. The van der Waals surface area contributed by atoms with E-state index in [0.29, 0.717) is 11.0 Å². The van der Waals surface area contributed by atoms with E-state index < -0.39 is 23.8 Å². The maximum atomic E-state index is 12.8. The summed E-state index contributed by atoms with van der Waals surface area (Å²) in [5, 5.41) is 8.63. The van der Waals surface area contributed by atoms with Crippen molar-refractivity contribution in [3.63, 3.8) is 0 Å². The van der Waals surface area contributed by atoms with Crippen LogP contribution < -0.4 is 10.2 Å². The monoisotopic (exact) mass is 388 g/mol. The molecule has 0 aromatic carbocycles. The zero-order chi connectivity index (χ0) is 18.9. The van der Waals surface area contributed by atoms with Crippen LogP contribution in [0.3, 0.4) is 0 Å². The van der Waals surface area contributed by atoms with E-state index >= 15 is 0 Å². The summed E-state index contributed by atoms with van der Waals surface area (Å²) in [7, 11) is 0. The highest BCUT2D eigenvalue weighted by atomic mass is 32.1. The predicted molar refractivity (Wildman–Crippen MR) is 90.2 cm³/mol. The Morgan fingerprint density at radius 2 is 2.00 bits per heavy atom. The smallest absolute Gasteiger partial charge is 0.342 e. The Morgan fingerprint density at radius 1 is 1.31 bits per heavy atom. The van der Waals surface area contributed by atoms with Gasteiger partial charge in [0.1, 0.15) is 10.7 Å². The number of halogens is 3. The van der Waals surface area contributed by atoms with E-state index in [9.17, 15) is 18.0 Å². The van der Waals surface area contributed by atoms with Gasteiger partial charge in [-0.25, -0.2) is 4.98 Å². The zero-order valence-electron chi connectivity index (χ0n) is 14.4. The molecular weight excluding hydrogens is 369 g/mol. The van der Waals surface area contributed by atoms with E-state index in [4.69, 9.17) is 0 Å². The van der Waals surface area contributed by atoms with Gasteiger partial charge in [0.15, 0.2) is 5.69 Å². The Morgan fingerprint density at radius 3 is 2.62 bits per heavy atom. The van der Waals surface area contributed by atoms with Crippen molar-refractivity contribution in [2.24, 2.45) is 0 Å². The Balaban J connectivity index is 1.68. The van der Waals surface area contributed by atoms with Gasteiger partial charge in [0.05, 0.1) is 6.04 Å². The molecule has 1 saturated heterocycles. The van der Waals surface area contributed by atoms with E-state index in [-0.39, 0.29) is 11.3 Å². The molecule has 11 heteroatoms. The van der Waals surface area contributed by atoms with Crippen molar-refractivity contribution in [2.75, 3.05) is 18.0 Å². The quantitative estimate of drug-likeness (QED) is 0.841. The lowest BCUT2D eigenvalue weighted by molar-refractivity contribution is -0.141. The van der Waals surface area contributed by atoms with Crippen LogP contribution in [0.4, 0.5) is 19.1 Å². The molecule has 2 N–H and O–H groups in total. The highest BCUT2D eigenvalue weighted by Crippen LogP contribution is 2.31. The molecule has 0 spiro atoms. The molecule has 3 rings (SSSR count). The van der Waals surface area contributed by atoms with Crippen LogP contribution in [-0.2, 0) is 6.18 Å². The fourth-order valence-corrected chi connectivity index (χ4v) is 3.52. The number of anilines is 1. The van der Waals surface area contributed by atoms with Crippen LogP contribution in [0.2, 0.25) is 0 Å². The topological polar surface area (TPSA) is 86.8 Å². The van der Waals surface area contributed by atoms with Crippen molar-refractivity contribution in [1.82, 2.24) is 24.9 Å². The molecule has 1 atom stereocenters. The number of nitrogens with zero attached hydrogens (tertiary/aromatic N) is 4. The number of aromatic amines is 1. The second-order valence-electron chi connectivity index (χ2n) is 6.25. The zero-order valence-corrected chi connectivity index (χ0v) is 15.2. The van der Waals surface area contributed by atoms with E-state index in [1.807, 2.05) is 5.10 Å².